The minimum Gasteiger partial charge on any atom is -0.470 e. The van der Waals surface area contributed by atoms with E-state index in [1.54, 1.807) is 29.1 Å². The van der Waals surface area contributed by atoms with Gasteiger partial charge in [-0.05, 0) is 18.2 Å². The van der Waals surface area contributed by atoms with Gasteiger partial charge in [0.25, 0.3) is 5.91 Å². The second kappa shape index (κ2) is 7.07. The molecule has 7 heteroatoms. The quantitative estimate of drug-likeness (QED) is 0.860. The van der Waals surface area contributed by atoms with E-state index in [0.717, 1.165) is 24.6 Å². The number of aromatic nitrogens is 2. The number of ether oxygens (including phenoxy) is 1. The standard InChI is InChI=1S/C15H16ClN3O2S/c16-12-3-1-2-4-14(12)21-11-19-13(5-6-17-19)15(20)18-7-9-22-10-8-18/h1-6H,7-11H2. The minimum atomic E-state index is 0.000517. The van der Waals surface area contributed by atoms with Gasteiger partial charge in [-0.15, -0.1) is 0 Å². The van der Waals surface area contributed by atoms with Crippen molar-refractivity contribution in [3.63, 3.8) is 0 Å². The highest BCUT2D eigenvalue weighted by Gasteiger charge is 2.21. The zero-order valence-corrected chi connectivity index (χ0v) is 13.5. The summed E-state index contributed by atoms with van der Waals surface area (Å²) >= 11 is 7.93. The van der Waals surface area contributed by atoms with Gasteiger partial charge in [-0.2, -0.15) is 16.9 Å². The first-order valence-electron chi connectivity index (χ1n) is 7.02. The molecular formula is C15H16ClN3O2S. The first-order chi connectivity index (χ1) is 10.8. The maximum absolute atomic E-state index is 12.5. The van der Waals surface area contributed by atoms with Crippen LogP contribution in [-0.2, 0) is 6.73 Å². The summed E-state index contributed by atoms with van der Waals surface area (Å²) in [4.78, 5) is 14.4. The fraction of sp³-hybridized carbons (Fsp3) is 0.333. The molecule has 1 aromatic carbocycles. The average molecular weight is 338 g/mol. The van der Waals surface area contributed by atoms with Gasteiger partial charge >= 0.3 is 0 Å². The molecule has 0 bridgehead atoms. The van der Waals surface area contributed by atoms with E-state index in [1.165, 1.54) is 0 Å². The summed E-state index contributed by atoms with van der Waals surface area (Å²) in [7, 11) is 0. The Hall–Kier alpha value is -1.66. The Morgan fingerprint density at radius 2 is 2.05 bits per heavy atom. The lowest BCUT2D eigenvalue weighted by atomic mass is 10.3. The lowest BCUT2D eigenvalue weighted by molar-refractivity contribution is 0.0749. The highest BCUT2D eigenvalue weighted by Crippen LogP contribution is 2.23. The number of carbonyl (C=O) groups is 1. The third kappa shape index (κ3) is 3.39. The van der Waals surface area contributed by atoms with Gasteiger partial charge < -0.3 is 9.64 Å². The number of hydrogen-bond donors (Lipinski definition) is 0. The number of rotatable bonds is 4. The van der Waals surface area contributed by atoms with Gasteiger partial charge in [0.05, 0.1) is 5.02 Å². The molecule has 1 aliphatic rings. The SMILES string of the molecule is O=C(c1ccnn1COc1ccccc1Cl)N1CCSCC1. The Labute approximate surface area is 138 Å². The molecule has 2 heterocycles. The predicted molar refractivity (Wildman–Crippen MR) is 87.5 cm³/mol. The number of carbonyl (C=O) groups excluding carboxylic acids is 1. The molecule has 0 radical (unpaired) electrons. The summed E-state index contributed by atoms with van der Waals surface area (Å²) in [5.41, 5.74) is 0.541. The molecule has 1 saturated heterocycles. The maximum Gasteiger partial charge on any atom is 0.272 e. The normalized spacial score (nSPS) is 14.9. The summed E-state index contributed by atoms with van der Waals surface area (Å²) in [5.74, 6) is 2.54. The largest absolute Gasteiger partial charge is 0.470 e. The van der Waals surface area contributed by atoms with Crippen LogP contribution in [0.4, 0.5) is 0 Å². The van der Waals surface area contributed by atoms with E-state index in [1.807, 2.05) is 28.8 Å². The smallest absolute Gasteiger partial charge is 0.272 e. The molecule has 1 aliphatic heterocycles. The van der Waals surface area contributed by atoms with Gasteiger partial charge in [0, 0.05) is 30.8 Å². The highest BCUT2D eigenvalue weighted by molar-refractivity contribution is 7.99. The number of benzene rings is 1. The third-order valence-corrected chi connectivity index (χ3v) is 4.67. The van der Waals surface area contributed by atoms with Crippen LogP contribution < -0.4 is 4.74 Å². The Balaban J connectivity index is 1.69. The average Bonchev–Trinajstić information content (AvgIpc) is 3.03. The van der Waals surface area contributed by atoms with E-state index in [4.69, 9.17) is 16.3 Å². The van der Waals surface area contributed by atoms with Gasteiger partial charge in [0.1, 0.15) is 11.4 Å². The first-order valence-corrected chi connectivity index (χ1v) is 8.55. The van der Waals surface area contributed by atoms with Gasteiger partial charge in [-0.25, -0.2) is 4.68 Å². The van der Waals surface area contributed by atoms with Gasteiger partial charge in [0.2, 0.25) is 0 Å². The molecule has 0 aliphatic carbocycles. The monoisotopic (exact) mass is 337 g/mol. The molecule has 2 aromatic rings. The third-order valence-electron chi connectivity index (χ3n) is 3.41. The van der Waals surface area contributed by atoms with E-state index >= 15 is 0 Å². The zero-order valence-electron chi connectivity index (χ0n) is 11.9. The van der Waals surface area contributed by atoms with Crippen molar-refractivity contribution in [2.45, 2.75) is 6.73 Å². The second-order valence-corrected chi connectivity index (χ2v) is 6.46. The van der Waals surface area contributed by atoms with E-state index in [9.17, 15) is 4.79 Å². The molecule has 0 N–H and O–H groups in total. The minimum absolute atomic E-state index is 0.000517. The summed E-state index contributed by atoms with van der Waals surface area (Å²) < 4.78 is 7.22. The number of halogens is 1. The molecule has 1 amide bonds. The van der Waals surface area contributed by atoms with Crippen molar-refractivity contribution in [1.29, 1.82) is 0 Å². The predicted octanol–water partition coefficient (Wildman–Crippen LogP) is 2.76. The van der Waals surface area contributed by atoms with Crippen molar-refractivity contribution in [3.8, 4) is 5.75 Å². The van der Waals surface area contributed by atoms with Crippen LogP contribution in [-0.4, -0.2) is 45.2 Å². The summed E-state index contributed by atoms with van der Waals surface area (Å²) in [6, 6.07) is 8.96. The Bertz CT molecular complexity index is 656. The number of hydrogen-bond acceptors (Lipinski definition) is 4. The molecule has 3 rings (SSSR count). The molecule has 0 spiro atoms. The molecule has 1 aromatic heterocycles. The van der Waals surface area contributed by atoms with Crippen LogP contribution in [0.15, 0.2) is 36.5 Å². The lowest BCUT2D eigenvalue weighted by Gasteiger charge is -2.26. The van der Waals surface area contributed by atoms with Crippen molar-refractivity contribution in [2.24, 2.45) is 0 Å². The summed E-state index contributed by atoms with van der Waals surface area (Å²) in [5, 5.41) is 4.71. The van der Waals surface area contributed by atoms with Crippen LogP contribution in [0.5, 0.6) is 5.75 Å². The van der Waals surface area contributed by atoms with E-state index in [2.05, 4.69) is 5.10 Å². The Morgan fingerprint density at radius 3 is 2.82 bits per heavy atom. The molecule has 22 heavy (non-hydrogen) atoms. The molecule has 0 saturated carbocycles. The van der Waals surface area contributed by atoms with Crippen molar-refractivity contribution >= 4 is 29.3 Å². The van der Waals surface area contributed by atoms with Crippen molar-refractivity contribution in [1.82, 2.24) is 14.7 Å². The summed E-state index contributed by atoms with van der Waals surface area (Å²) in [6.45, 7) is 1.71. The van der Waals surface area contributed by atoms with Gasteiger partial charge in [0.15, 0.2) is 6.73 Å². The summed E-state index contributed by atoms with van der Waals surface area (Å²) in [6.07, 6.45) is 1.61. The van der Waals surface area contributed by atoms with Crippen molar-refractivity contribution in [3.05, 3.63) is 47.2 Å². The number of nitrogens with zero attached hydrogens (tertiary/aromatic N) is 3. The van der Waals surface area contributed by atoms with Crippen LogP contribution in [0.1, 0.15) is 10.5 Å². The van der Waals surface area contributed by atoms with Gasteiger partial charge in [-0.1, -0.05) is 23.7 Å². The fourth-order valence-electron chi connectivity index (χ4n) is 2.24. The zero-order chi connectivity index (χ0) is 15.4. The van der Waals surface area contributed by atoms with Gasteiger partial charge in [-0.3, -0.25) is 4.79 Å². The number of para-hydroxylation sites is 1. The van der Waals surface area contributed by atoms with E-state index in [-0.39, 0.29) is 12.6 Å². The fourth-order valence-corrected chi connectivity index (χ4v) is 3.33. The van der Waals surface area contributed by atoms with Crippen molar-refractivity contribution in [2.75, 3.05) is 24.6 Å². The lowest BCUT2D eigenvalue weighted by Crippen LogP contribution is -2.39. The Morgan fingerprint density at radius 1 is 1.27 bits per heavy atom. The Kier molecular flexibility index (Phi) is 4.90. The topological polar surface area (TPSA) is 47.4 Å². The van der Waals surface area contributed by atoms with Crippen LogP contribution in [0.2, 0.25) is 5.02 Å². The second-order valence-electron chi connectivity index (χ2n) is 4.82. The van der Waals surface area contributed by atoms with Crippen LogP contribution >= 0.6 is 23.4 Å². The highest BCUT2D eigenvalue weighted by atomic mass is 35.5. The van der Waals surface area contributed by atoms with E-state index in [0.29, 0.717) is 16.5 Å². The van der Waals surface area contributed by atoms with Crippen LogP contribution in [0.25, 0.3) is 0 Å². The van der Waals surface area contributed by atoms with Crippen LogP contribution in [0, 0.1) is 0 Å². The van der Waals surface area contributed by atoms with E-state index < -0.39 is 0 Å². The number of thioether (sulfide) groups is 1. The molecule has 5 nitrogen and oxygen atoms in total. The first kappa shape index (κ1) is 15.2. The maximum atomic E-state index is 12.5. The molecule has 1 fully saturated rings. The van der Waals surface area contributed by atoms with Crippen molar-refractivity contribution < 1.29 is 9.53 Å². The number of amides is 1. The molecule has 0 unspecified atom stereocenters. The molecule has 0 atom stereocenters. The molecule has 116 valence electrons. The van der Waals surface area contributed by atoms with Crippen LogP contribution in [0.3, 0.4) is 0 Å². The molecular weight excluding hydrogens is 322 g/mol.